The molecule has 1 atom stereocenters. The minimum absolute atomic E-state index is 0.370. The number of imidazole rings is 1. The van der Waals surface area contributed by atoms with Gasteiger partial charge in [-0.1, -0.05) is 61.9 Å². The van der Waals surface area contributed by atoms with E-state index in [4.69, 9.17) is 4.98 Å². The molecule has 0 spiro atoms. The number of hydrogen-bond acceptors (Lipinski definition) is 4. The first kappa shape index (κ1) is 22.0. The Bertz CT molecular complexity index is 1180. The first-order chi connectivity index (χ1) is 15.5. The van der Waals surface area contributed by atoms with Crippen molar-refractivity contribution in [3.05, 3.63) is 54.1 Å². The average molecular weight is 470 g/mol. The number of nitrogens with zero attached hydrogens (tertiary/aromatic N) is 3. The summed E-state index contributed by atoms with van der Waals surface area (Å²) in [6, 6.07) is 16.4. The predicted molar refractivity (Wildman–Crippen MR) is 130 cm³/mol. The minimum Gasteiger partial charge on any atom is -0.316 e. The summed E-state index contributed by atoms with van der Waals surface area (Å²) in [6.45, 7) is 3.35. The van der Waals surface area contributed by atoms with Crippen LogP contribution >= 0.6 is 11.8 Å². The van der Waals surface area contributed by atoms with Gasteiger partial charge in [-0.15, -0.1) is 0 Å². The van der Waals surface area contributed by atoms with Crippen LogP contribution in [0.4, 0.5) is 0 Å². The van der Waals surface area contributed by atoms with Crippen LogP contribution in [0.2, 0.25) is 0 Å². The third-order valence-corrected chi connectivity index (χ3v) is 9.67. The van der Waals surface area contributed by atoms with E-state index in [0.717, 1.165) is 47.6 Å². The number of sulfonamides is 1. The first-order valence-electron chi connectivity index (χ1n) is 11.7. The fourth-order valence-electron chi connectivity index (χ4n) is 5.07. The Morgan fingerprint density at radius 3 is 2.56 bits per heavy atom. The van der Waals surface area contributed by atoms with Crippen LogP contribution in [0.1, 0.15) is 57.1 Å². The number of hydrogen-bond donors (Lipinski definition) is 0. The molecule has 2 aliphatic rings. The van der Waals surface area contributed by atoms with E-state index in [1.54, 1.807) is 28.2 Å². The largest absolute Gasteiger partial charge is 0.316 e. The Hall–Kier alpha value is -1.83. The van der Waals surface area contributed by atoms with Crippen molar-refractivity contribution in [2.75, 3.05) is 13.1 Å². The molecule has 1 aliphatic heterocycles. The highest BCUT2D eigenvalue weighted by Gasteiger charge is 2.30. The van der Waals surface area contributed by atoms with Crippen molar-refractivity contribution < 1.29 is 8.42 Å². The second-order valence-electron chi connectivity index (χ2n) is 9.24. The van der Waals surface area contributed by atoms with Gasteiger partial charge in [0.15, 0.2) is 5.16 Å². The summed E-state index contributed by atoms with van der Waals surface area (Å²) in [5.41, 5.74) is 3.11. The van der Waals surface area contributed by atoms with Crippen molar-refractivity contribution >= 4 is 32.8 Å². The molecule has 0 bridgehead atoms. The van der Waals surface area contributed by atoms with E-state index in [9.17, 15) is 8.42 Å². The molecular weight excluding hydrogens is 438 g/mol. The summed E-state index contributed by atoms with van der Waals surface area (Å²) in [5, 5.41) is 0.997. The highest BCUT2D eigenvalue weighted by molar-refractivity contribution is 7.98. The van der Waals surface area contributed by atoms with Crippen LogP contribution in [0.25, 0.3) is 11.0 Å². The molecule has 0 N–H and O–H groups in total. The molecule has 5 nitrogen and oxygen atoms in total. The summed E-state index contributed by atoms with van der Waals surface area (Å²) >= 11 is 1.75. The van der Waals surface area contributed by atoms with Gasteiger partial charge < -0.3 is 4.57 Å². The van der Waals surface area contributed by atoms with Gasteiger partial charge >= 0.3 is 0 Å². The minimum atomic E-state index is -3.49. The Morgan fingerprint density at radius 1 is 1.03 bits per heavy atom. The Balaban J connectivity index is 1.50. The van der Waals surface area contributed by atoms with Crippen molar-refractivity contribution in [2.45, 2.75) is 67.3 Å². The molecule has 32 heavy (non-hydrogen) atoms. The molecule has 1 aliphatic carbocycles. The van der Waals surface area contributed by atoms with Gasteiger partial charge in [-0.2, -0.15) is 4.31 Å². The zero-order chi connectivity index (χ0) is 22.1. The second kappa shape index (κ2) is 9.20. The standard InChI is InChI=1S/C25H31N3O2S2/c1-19-8-7-15-27(17-19)32(29,30)22-13-14-24-23(16-22)26-25(28(24)21-11-5-6-12-21)31-18-20-9-3-2-4-10-20/h2-4,9-10,13-14,16,19,21H,5-8,11-12,15,17-18H2,1H3/t19-/m1/s1. The van der Waals surface area contributed by atoms with Gasteiger partial charge in [0.25, 0.3) is 0 Å². The monoisotopic (exact) mass is 469 g/mol. The van der Waals surface area contributed by atoms with Crippen LogP contribution < -0.4 is 0 Å². The lowest BCUT2D eigenvalue weighted by Crippen LogP contribution is -2.39. The Morgan fingerprint density at radius 2 is 1.81 bits per heavy atom. The van der Waals surface area contributed by atoms with E-state index in [-0.39, 0.29) is 0 Å². The van der Waals surface area contributed by atoms with E-state index in [2.05, 4.69) is 35.8 Å². The van der Waals surface area contributed by atoms with Crippen LogP contribution in [0.5, 0.6) is 0 Å². The lowest BCUT2D eigenvalue weighted by atomic mass is 10.0. The highest BCUT2D eigenvalue weighted by atomic mass is 32.2. The van der Waals surface area contributed by atoms with Crippen molar-refractivity contribution in [3.8, 4) is 0 Å². The lowest BCUT2D eigenvalue weighted by molar-refractivity contribution is 0.281. The van der Waals surface area contributed by atoms with Gasteiger partial charge in [0, 0.05) is 24.9 Å². The van der Waals surface area contributed by atoms with Crippen LogP contribution in [0.3, 0.4) is 0 Å². The smallest absolute Gasteiger partial charge is 0.243 e. The molecular formula is C25H31N3O2S2. The number of rotatable bonds is 6. The van der Waals surface area contributed by atoms with Crippen molar-refractivity contribution in [3.63, 3.8) is 0 Å². The molecule has 5 rings (SSSR count). The van der Waals surface area contributed by atoms with Crippen LogP contribution in [-0.2, 0) is 15.8 Å². The van der Waals surface area contributed by atoms with Crippen LogP contribution in [0.15, 0.2) is 58.6 Å². The molecule has 1 saturated heterocycles. The van der Waals surface area contributed by atoms with E-state index >= 15 is 0 Å². The molecule has 170 valence electrons. The molecule has 2 heterocycles. The summed E-state index contributed by atoms with van der Waals surface area (Å²) in [4.78, 5) is 5.32. The van der Waals surface area contributed by atoms with E-state index in [1.165, 1.54) is 18.4 Å². The quantitative estimate of drug-likeness (QED) is 0.424. The molecule has 0 amide bonds. The second-order valence-corrected chi connectivity index (χ2v) is 12.1. The molecule has 3 aromatic rings. The van der Waals surface area contributed by atoms with Gasteiger partial charge in [0.05, 0.1) is 15.9 Å². The number of thioether (sulfide) groups is 1. The molecule has 0 unspecified atom stereocenters. The highest BCUT2D eigenvalue weighted by Crippen LogP contribution is 2.38. The molecule has 2 aromatic carbocycles. The third kappa shape index (κ3) is 4.35. The van der Waals surface area contributed by atoms with Gasteiger partial charge in [0.2, 0.25) is 10.0 Å². The van der Waals surface area contributed by atoms with E-state index in [0.29, 0.717) is 29.9 Å². The Labute approximate surface area is 195 Å². The van der Waals surface area contributed by atoms with E-state index < -0.39 is 10.0 Å². The van der Waals surface area contributed by atoms with Crippen molar-refractivity contribution in [2.24, 2.45) is 5.92 Å². The fourth-order valence-corrected chi connectivity index (χ4v) is 7.73. The maximum atomic E-state index is 13.3. The summed E-state index contributed by atoms with van der Waals surface area (Å²) in [7, 11) is -3.49. The zero-order valence-corrected chi connectivity index (χ0v) is 20.2. The van der Waals surface area contributed by atoms with Gasteiger partial charge in [-0.25, -0.2) is 13.4 Å². The van der Waals surface area contributed by atoms with Crippen LogP contribution in [-0.4, -0.2) is 35.4 Å². The predicted octanol–water partition coefficient (Wildman–Crippen LogP) is 5.86. The summed E-state index contributed by atoms with van der Waals surface area (Å²) < 4.78 is 30.7. The molecule has 2 fully saturated rings. The van der Waals surface area contributed by atoms with Crippen molar-refractivity contribution in [1.82, 2.24) is 13.9 Å². The maximum Gasteiger partial charge on any atom is 0.243 e. The molecule has 7 heteroatoms. The fraction of sp³-hybridized carbons (Fsp3) is 0.480. The van der Waals surface area contributed by atoms with Crippen molar-refractivity contribution in [1.29, 1.82) is 0 Å². The SMILES string of the molecule is C[C@@H]1CCCN(S(=O)(=O)c2ccc3c(c2)nc(SCc2ccccc2)n3C2CCCC2)C1. The van der Waals surface area contributed by atoms with Gasteiger partial charge in [-0.05, 0) is 55.4 Å². The molecule has 1 saturated carbocycles. The summed E-state index contributed by atoms with van der Waals surface area (Å²) in [6.07, 6.45) is 6.84. The first-order valence-corrected chi connectivity index (χ1v) is 14.1. The van der Waals surface area contributed by atoms with Crippen LogP contribution in [0, 0.1) is 5.92 Å². The summed E-state index contributed by atoms with van der Waals surface area (Å²) in [5.74, 6) is 1.26. The average Bonchev–Trinajstić information content (AvgIpc) is 3.45. The Kier molecular flexibility index (Phi) is 6.32. The molecule has 0 radical (unpaired) electrons. The lowest BCUT2D eigenvalue weighted by Gasteiger charge is -2.30. The van der Waals surface area contributed by atoms with Gasteiger partial charge in [-0.3, -0.25) is 0 Å². The number of fused-ring (bicyclic) bond motifs is 1. The topological polar surface area (TPSA) is 55.2 Å². The normalized spacial score (nSPS) is 20.8. The zero-order valence-electron chi connectivity index (χ0n) is 18.6. The van der Waals surface area contributed by atoms with E-state index in [1.807, 2.05) is 12.1 Å². The number of aromatic nitrogens is 2. The number of benzene rings is 2. The van der Waals surface area contributed by atoms with Gasteiger partial charge in [0.1, 0.15) is 0 Å². The third-order valence-electron chi connectivity index (χ3n) is 6.79. The maximum absolute atomic E-state index is 13.3. The number of piperidine rings is 1. The molecule has 1 aromatic heterocycles.